The molecule has 1 aliphatic carbocycles. The molecule has 0 unspecified atom stereocenters. The lowest BCUT2D eigenvalue weighted by Crippen LogP contribution is -2.22. The maximum Gasteiger partial charge on any atom is 0.267 e. The smallest absolute Gasteiger partial charge is 0.267 e. The zero-order valence-corrected chi connectivity index (χ0v) is 19.5. The van der Waals surface area contributed by atoms with Crippen LogP contribution >= 0.6 is 23.1 Å². The maximum atomic E-state index is 13.8. The van der Waals surface area contributed by atoms with E-state index in [-0.39, 0.29) is 5.56 Å². The summed E-state index contributed by atoms with van der Waals surface area (Å²) in [7, 11) is 1.66. The largest absolute Gasteiger partial charge is 0.497 e. The highest BCUT2D eigenvalue weighted by atomic mass is 32.2. The molecule has 160 valence electrons. The number of fused-ring (bicyclic) bond motifs is 3. The Morgan fingerprint density at radius 2 is 1.90 bits per heavy atom. The van der Waals surface area contributed by atoms with Gasteiger partial charge in [0.05, 0.1) is 18.2 Å². The third-order valence-electron chi connectivity index (χ3n) is 5.77. The van der Waals surface area contributed by atoms with E-state index in [1.807, 2.05) is 28.8 Å². The zero-order chi connectivity index (χ0) is 20.9. The monoisotopic (exact) mass is 442 g/mol. The summed E-state index contributed by atoms with van der Waals surface area (Å²) in [6.07, 6.45) is 10.6. The van der Waals surface area contributed by atoms with Gasteiger partial charge in [-0.1, -0.05) is 44.4 Å². The topological polar surface area (TPSA) is 44.1 Å². The number of methoxy groups -OCH3 is 1. The Morgan fingerprint density at radius 1 is 1.10 bits per heavy atom. The minimum absolute atomic E-state index is 0.0839. The SMILES string of the molecule is CCCCCCSc1nc2sc3c(c2c(=O)n1-c1ccc(OC)cc1)CCCCC3. The van der Waals surface area contributed by atoms with Gasteiger partial charge in [-0.05, 0) is 61.9 Å². The van der Waals surface area contributed by atoms with Crippen LogP contribution in [0.25, 0.3) is 15.9 Å². The highest BCUT2D eigenvalue weighted by Crippen LogP contribution is 2.35. The predicted molar refractivity (Wildman–Crippen MR) is 128 cm³/mol. The lowest BCUT2D eigenvalue weighted by molar-refractivity contribution is 0.414. The van der Waals surface area contributed by atoms with Gasteiger partial charge in [-0.2, -0.15) is 0 Å². The number of thioether (sulfide) groups is 1. The van der Waals surface area contributed by atoms with E-state index in [0.29, 0.717) is 0 Å². The van der Waals surface area contributed by atoms with Gasteiger partial charge in [0.2, 0.25) is 0 Å². The Labute approximate surface area is 186 Å². The molecule has 0 radical (unpaired) electrons. The molecule has 3 aromatic rings. The molecule has 0 aliphatic heterocycles. The summed E-state index contributed by atoms with van der Waals surface area (Å²) < 4.78 is 7.13. The zero-order valence-electron chi connectivity index (χ0n) is 17.9. The van der Waals surface area contributed by atoms with Crippen molar-refractivity contribution in [1.29, 1.82) is 0 Å². The normalized spacial score (nSPS) is 13.9. The van der Waals surface area contributed by atoms with Crippen LogP contribution in [-0.2, 0) is 12.8 Å². The van der Waals surface area contributed by atoms with E-state index >= 15 is 0 Å². The van der Waals surface area contributed by atoms with Crippen molar-refractivity contribution in [2.75, 3.05) is 12.9 Å². The number of thiophene rings is 1. The van der Waals surface area contributed by atoms with E-state index in [1.54, 1.807) is 30.2 Å². The Hall–Kier alpha value is -1.79. The molecule has 0 atom stereocenters. The summed E-state index contributed by atoms with van der Waals surface area (Å²) in [4.78, 5) is 21.1. The molecule has 1 aliphatic rings. The van der Waals surface area contributed by atoms with Crippen molar-refractivity contribution in [2.24, 2.45) is 0 Å². The Kier molecular flexibility index (Phi) is 7.16. The Balaban J connectivity index is 1.79. The molecule has 30 heavy (non-hydrogen) atoms. The van der Waals surface area contributed by atoms with Crippen molar-refractivity contribution in [2.45, 2.75) is 69.9 Å². The van der Waals surface area contributed by atoms with Crippen LogP contribution in [0.15, 0.2) is 34.2 Å². The van der Waals surface area contributed by atoms with Gasteiger partial charge in [0, 0.05) is 10.6 Å². The van der Waals surface area contributed by atoms with Crippen LogP contribution in [0.5, 0.6) is 5.75 Å². The van der Waals surface area contributed by atoms with E-state index in [0.717, 1.165) is 58.2 Å². The molecule has 2 heterocycles. The molecule has 0 saturated heterocycles. The van der Waals surface area contributed by atoms with Crippen LogP contribution in [0.2, 0.25) is 0 Å². The first kappa shape index (κ1) is 21.4. The molecule has 2 aromatic heterocycles. The minimum Gasteiger partial charge on any atom is -0.497 e. The van der Waals surface area contributed by atoms with E-state index in [2.05, 4.69) is 6.92 Å². The summed E-state index contributed by atoms with van der Waals surface area (Å²) in [5.41, 5.74) is 2.20. The van der Waals surface area contributed by atoms with Crippen LogP contribution in [0.4, 0.5) is 0 Å². The Bertz CT molecular complexity index is 1050. The molecule has 0 amide bonds. The Morgan fingerprint density at radius 3 is 2.67 bits per heavy atom. The molecular formula is C24H30N2O2S2. The quantitative estimate of drug-likeness (QED) is 0.175. The molecule has 4 nitrogen and oxygen atoms in total. The molecule has 1 aromatic carbocycles. The molecule has 0 N–H and O–H groups in total. The molecule has 0 fully saturated rings. The number of aryl methyl sites for hydroxylation is 2. The highest BCUT2D eigenvalue weighted by Gasteiger charge is 2.22. The van der Waals surface area contributed by atoms with Crippen molar-refractivity contribution in [3.8, 4) is 11.4 Å². The number of rotatable bonds is 8. The van der Waals surface area contributed by atoms with E-state index < -0.39 is 0 Å². The van der Waals surface area contributed by atoms with Crippen molar-refractivity contribution >= 4 is 33.3 Å². The van der Waals surface area contributed by atoms with Gasteiger partial charge in [0.25, 0.3) is 5.56 Å². The van der Waals surface area contributed by atoms with Crippen LogP contribution in [0.3, 0.4) is 0 Å². The predicted octanol–water partition coefficient (Wildman–Crippen LogP) is 6.40. The standard InChI is InChI=1S/C24H30N2O2S2/c1-3-4-5-9-16-29-24-25-22-21(19-10-7-6-8-11-20(19)30-22)23(27)26(24)17-12-14-18(28-2)15-13-17/h12-15H,3-11,16H2,1-2H3. The van der Waals surface area contributed by atoms with E-state index in [1.165, 1.54) is 42.5 Å². The van der Waals surface area contributed by atoms with Gasteiger partial charge in [-0.3, -0.25) is 9.36 Å². The number of nitrogens with zero attached hydrogens (tertiary/aromatic N) is 2. The minimum atomic E-state index is 0.0839. The van der Waals surface area contributed by atoms with Crippen molar-refractivity contribution in [3.63, 3.8) is 0 Å². The number of ether oxygens (including phenoxy) is 1. The van der Waals surface area contributed by atoms with Gasteiger partial charge in [-0.15, -0.1) is 11.3 Å². The van der Waals surface area contributed by atoms with E-state index in [4.69, 9.17) is 9.72 Å². The van der Waals surface area contributed by atoms with Gasteiger partial charge in [0.15, 0.2) is 5.16 Å². The fourth-order valence-electron chi connectivity index (χ4n) is 4.11. The van der Waals surface area contributed by atoms with Crippen LogP contribution in [0, 0.1) is 0 Å². The molecule has 6 heteroatoms. The van der Waals surface area contributed by atoms with Crippen LogP contribution in [-0.4, -0.2) is 22.4 Å². The molecule has 4 rings (SSSR count). The second-order valence-electron chi connectivity index (χ2n) is 7.89. The van der Waals surface area contributed by atoms with Gasteiger partial charge < -0.3 is 4.74 Å². The molecule has 0 bridgehead atoms. The first-order valence-electron chi connectivity index (χ1n) is 11.1. The molecular weight excluding hydrogens is 412 g/mol. The lowest BCUT2D eigenvalue weighted by Gasteiger charge is -2.13. The van der Waals surface area contributed by atoms with Crippen molar-refractivity contribution < 1.29 is 4.74 Å². The highest BCUT2D eigenvalue weighted by molar-refractivity contribution is 7.99. The van der Waals surface area contributed by atoms with Gasteiger partial charge in [-0.25, -0.2) is 4.98 Å². The fraction of sp³-hybridized carbons (Fsp3) is 0.500. The third kappa shape index (κ3) is 4.45. The summed E-state index contributed by atoms with van der Waals surface area (Å²) in [5.74, 6) is 1.78. The summed E-state index contributed by atoms with van der Waals surface area (Å²) in [6.45, 7) is 2.23. The van der Waals surface area contributed by atoms with Gasteiger partial charge in [0.1, 0.15) is 10.6 Å². The van der Waals surface area contributed by atoms with E-state index in [9.17, 15) is 4.79 Å². The number of hydrogen-bond donors (Lipinski definition) is 0. The summed E-state index contributed by atoms with van der Waals surface area (Å²) in [6, 6.07) is 7.74. The number of hydrogen-bond acceptors (Lipinski definition) is 5. The lowest BCUT2D eigenvalue weighted by atomic mass is 10.1. The second kappa shape index (κ2) is 10.0. The molecule has 0 saturated carbocycles. The fourth-order valence-corrected chi connectivity index (χ4v) is 6.43. The first-order valence-corrected chi connectivity index (χ1v) is 12.9. The summed E-state index contributed by atoms with van der Waals surface area (Å²) in [5, 5.41) is 1.66. The van der Waals surface area contributed by atoms with Crippen molar-refractivity contribution in [3.05, 3.63) is 45.1 Å². The van der Waals surface area contributed by atoms with Crippen molar-refractivity contribution in [1.82, 2.24) is 9.55 Å². The second-order valence-corrected chi connectivity index (χ2v) is 10.0. The number of aromatic nitrogens is 2. The number of benzene rings is 1. The van der Waals surface area contributed by atoms with Crippen LogP contribution < -0.4 is 10.3 Å². The van der Waals surface area contributed by atoms with Gasteiger partial charge >= 0.3 is 0 Å². The average molecular weight is 443 g/mol. The molecule has 0 spiro atoms. The summed E-state index contributed by atoms with van der Waals surface area (Å²) >= 11 is 3.45. The first-order chi connectivity index (χ1) is 14.7. The average Bonchev–Trinajstić information content (AvgIpc) is 2.95. The number of unbranched alkanes of at least 4 members (excludes halogenated alkanes) is 3. The van der Waals surface area contributed by atoms with Crippen LogP contribution in [0.1, 0.15) is 62.3 Å². The third-order valence-corrected chi connectivity index (χ3v) is 7.98. The maximum absolute atomic E-state index is 13.8.